The molecule has 0 fully saturated rings. The molecule has 0 bridgehead atoms. The third-order valence-corrected chi connectivity index (χ3v) is 3.68. The van der Waals surface area contributed by atoms with Gasteiger partial charge in [0.15, 0.2) is 5.17 Å². The summed E-state index contributed by atoms with van der Waals surface area (Å²) in [4.78, 5) is 16.7. The molecule has 0 N–H and O–H groups in total. The van der Waals surface area contributed by atoms with Crippen molar-refractivity contribution in [3.63, 3.8) is 0 Å². The normalized spacial score (nSPS) is 12.1. The molecule has 0 saturated carbocycles. The minimum absolute atomic E-state index is 0.00899. The molecule has 0 heterocycles. The second kappa shape index (κ2) is 7.42. The van der Waals surface area contributed by atoms with Gasteiger partial charge in [-0.3, -0.25) is 9.79 Å². The summed E-state index contributed by atoms with van der Waals surface area (Å²) in [6.45, 7) is 3.91. The van der Waals surface area contributed by atoms with Gasteiger partial charge in [-0.1, -0.05) is 54.1 Å². The number of ether oxygens (including phenoxy) is 1. The van der Waals surface area contributed by atoms with Crippen LogP contribution in [0.5, 0.6) is 5.75 Å². The van der Waals surface area contributed by atoms with Crippen molar-refractivity contribution in [2.45, 2.75) is 25.8 Å². The number of carbonyl (C=O) groups is 1. The van der Waals surface area contributed by atoms with Crippen molar-refractivity contribution >= 4 is 22.6 Å². The molecule has 2 aromatic rings. The summed E-state index contributed by atoms with van der Waals surface area (Å²) in [7, 11) is 1.64. The van der Waals surface area contributed by atoms with E-state index in [2.05, 4.69) is 4.99 Å². The Hall–Kier alpha value is -2.13. The van der Waals surface area contributed by atoms with Gasteiger partial charge in [0.1, 0.15) is 5.75 Å². The summed E-state index contributed by atoms with van der Waals surface area (Å²) in [5.41, 5.74) is 1.17. The molecule has 0 saturated heterocycles. The third-order valence-electron chi connectivity index (χ3n) is 3.42. The number of ketones is 1. The van der Waals surface area contributed by atoms with Crippen LogP contribution in [0.2, 0.25) is 0 Å². The van der Waals surface area contributed by atoms with Gasteiger partial charge in [0.05, 0.1) is 12.6 Å². The molecule has 0 aliphatic rings. The molecule has 0 atom stereocenters. The van der Waals surface area contributed by atoms with Gasteiger partial charge in [0.2, 0.25) is 5.78 Å². The first kappa shape index (κ1) is 17.2. The standard InChI is InChI=1S/C19H20ClNO2/c1-19(2,13-14-9-11-16(23-3)12-10-14)21-18(20)17(22)15-7-5-4-6-8-15/h4-12H,13H2,1-3H3. The number of halogens is 1. The Balaban J connectivity index is 2.13. The lowest BCUT2D eigenvalue weighted by Gasteiger charge is -2.20. The van der Waals surface area contributed by atoms with Crippen LogP contribution in [0.4, 0.5) is 0 Å². The van der Waals surface area contributed by atoms with Crippen LogP contribution >= 0.6 is 11.6 Å². The summed E-state index contributed by atoms with van der Waals surface area (Å²) >= 11 is 6.14. The Bertz CT molecular complexity index is 691. The molecule has 3 nitrogen and oxygen atoms in total. The Morgan fingerprint density at radius 1 is 1.09 bits per heavy atom. The second-order valence-electron chi connectivity index (χ2n) is 5.94. The lowest BCUT2D eigenvalue weighted by atomic mass is 9.95. The number of rotatable bonds is 6. The predicted octanol–water partition coefficient (Wildman–Crippen LogP) is 4.54. The zero-order valence-electron chi connectivity index (χ0n) is 13.5. The fourth-order valence-electron chi connectivity index (χ4n) is 2.31. The Morgan fingerprint density at radius 2 is 1.70 bits per heavy atom. The highest BCUT2D eigenvalue weighted by molar-refractivity contribution is 6.85. The minimum Gasteiger partial charge on any atom is -0.497 e. The third kappa shape index (κ3) is 4.93. The maximum atomic E-state index is 12.3. The highest BCUT2D eigenvalue weighted by atomic mass is 35.5. The van der Waals surface area contributed by atoms with E-state index in [0.717, 1.165) is 11.3 Å². The minimum atomic E-state index is -0.476. The van der Waals surface area contributed by atoms with Crippen LogP contribution in [-0.4, -0.2) is 23.6 Å². The molecule has 120 valence electrons. The quantitative estimate of drug-likeness (QED) is 0.576. The molecule has 0 aliphatic heterocycles. The maximum Gasteiger partial charge on any atom is 0.222 e. The molecule has 0 spiro atoms. The maximum absolute atomic E-state index is 12.3. The Labute approximate surface area is 142 Å². The van der Waals surface area contributed by atoms with Gasteiger partial charge in [-0.25, -0.2) is 0 Å². The van der Waals surface area contributed by atoms with Crippen molar-refractivity contribution in [1.29, 1.82) is 0 Å². The van der Waals surface area contributed by atoms with Gasteiger partial charge in [-0.2, -0.15) is 0 Å². The first-order valence-corrected chi connectivity index (χ1v) is 7.77. The van der Waals surface area contributed by atoms with E-state index < -0.39 is 5.54 Å². The smallest absolute Gasteiger partial charge is 0.222 e. The number of hydrogen-bond donors (Lipinski definition) is 0. The summed E-state index contributed by atoms with van der Waals surface area (Å²) in [5.74, 6) is 0.558. The van der Waals surface area contributed by atoms with Gasteiger partial charge in [-0.15, -0.1) is 0 Å². The van der Waals surface area contributed by atoms with Crippen molar-refractivity contribution in [1.82, 2.24) is 0 Å². The monoisotopic (exact) mass is 329 g/mol. The zero-order chi connectivity index (χ0) is 16.9. The van der Waals surface area contributed by atoms with E-state index in [1.165, 1.54) is 0 Å². The van der Waals surface area contributed by atoms with Crippen molar-refractivity contribution in [2.24, 2.45) is 4.99 Å². The van der Waals surface area contributed by atoms with Gasteiger partial charge < -0.3 is 4.74 Å². The molecule has 23 heavy (non-hydrogen) atoms. The average molecular weight is 330 g/mol. The van der Waals surface area contributed by atoms with E-state index in [-0.39, 0.29) is 11.0 Å². The molecule has 0 amide bonds. The first-order valence-electron chi connectivity index (χ1n) is 7.39. The van der Waals surface area contributed by atoms with Crippen LogP contribution in [0.15, 0.2) is 59.6 Å². The second-order valence-corrected chi connectivity index (χ2v) is 6.29. The number of hydrogen-bond acceptors (Lipinski definition) is 3. The van der Waals surface area contributed by atoms with Gasteiger partial charge >= 0.3 is 0 Å². The highest BCUT2D eigenvalue weighted by Gasteiger charge is 2.21. The Morgan fingerprint density at radius 3 is 2.26 bits per heavy atom. The van der Waals surface area contributed by atoms with Gasteiger partial charge in [-0.05, 0) is 38.0 Å². The lowest BCUT2D eigenvalue weighted by molar-refractivity contribution is 0.106. The fourth-order valence-corrected chi connectivity index (χ4v) is 2.65. The average Bonchev–Trinajstić information content (AvgIpc) is 2.54. The molecule has 0 unspecified atom stereocenters. The predicted molar refractivity (Wildman–Crippen MR) is 94.8 cm³/mol. The van der Waals surface area contributed by atoms with Crippen molar-refractivity contribution in [3.8, 4) is 5.75 Å². The van der Waals surface area contributed by atoms with Crippen molar-refractivity contribution < 1.29 is 9.53 Å². The molecule has 2 aromatic carbocycles. The van der Waals surface area contributed by atoms with E-state index in [0.29, 0.717) is 12.0 Å². The van der Waals surface area contributed by atoms with Crippen molar-refractivity contribution in [3.05, 3.63) is 65.7 Å². The van der Waals surface area contributed by atoms with E-state index in [1.54, 1.807) is 31.4 Å². The first-order chi connectivity index (χ1) is 10.9. The topological polar surface area (TPSA) is 38.7 Å². The van der Waals surface area contributed by atoms with Crippen LogP contribution in [-0.2, 0) is 6.42 Å². The molecule has 4 heteroatoms. The number of carbonyl (C=O) groups excluding carboxylic acids is 1. The number of methoxy groups -OCH3 is 1. The Kier molecular flexibility index (Phi) is 5.56. The van der Waals surface area contributed by atoms with E-state index in [1.807, 2.05) is 44.2 Å². The van der Waals surface area contributed by atoms with Gasteiger partial charge in [0.25, 0.3) is 0 Å². The van der Waals surface area contributed by atoms with Gasteiger partial charge in [0, 0.05) is 5.56 Å². The zero-order valence-corrected chi connectivity index (χ0v) is 14.3. The molecule has 0 aromatic heterocycles. The largest absolute Gasteiger partial charge is 0.497 e. The summed E-state index contributed by atoms with van der Waals surface area (Å²) in [6, 6.07) is 16.7. The summed E-state index contributed by atoms with van der Waals surface area (Å²) < 4.78 is 5.15. The van der Waals surface area contributed by atoms with E-state index in [4.69, 9.17) is 16.3 Å². The van der Waals surface area contributed by atoms with Crippen LogP contribution in [0.3, 0.4) is 0 Å². The molecule has 0 radical (unpaired) electrons. The van der Waals surface area contributed by atoms with Crippen LogP contribution < -0.4 is 4.74 Å². The number of nitrogens with zero attached hydrogens (tertiary/aromatic N) is 1. The van der Waals surface area contributed by atoms with E-state index >= 15 is 0 Å². The van der Waals surface area contributed by atoms with Crippen molar-refractivity contribution in [2.75, 3.05) is 7.11 Å². The van der Waals surface area contributed by atoms with Crippen LogP contribution in [0.1, 0.15) is 29.8 Å². The number of Topliss-reactive ketones (excluding diaryl/α,β-unsaturated/α-hetero) is 1. The molecular weight excluding hydrogens is 310 g/mol. The van der Waals surface area contributed by atoms with E-state index in [9.17, 15) is 4.79 Å². The summed E-state index contributed by atoms with van der Waals surface area (Å²) in [5, 5.41) is 0.00899. The molecule has 2 rings (SSSR count). The highest BCUT2D eigenvalue weighted by Crippen LogP contribution is 2.21. The fraction of sp³-hybridized carbons (Fsp3) is 0.263. The summed E-state index contributed by atoms with van der Waals surface area (Å²) in [6.07, 6.45) is 0.676. The molecule has 0 aliphatic carbocycles. The molecular formula is C19H20ClNO2. The SMILES string of the molecule is COc1ccc(CC(C)(C)N=C(Cl)C(=O)c2ccccc2)cc1. The number of benzene rings is 2. The van der Waals surface area contributed by atoms with Crippen LogP contribution in [0.25, 0.3) is 0 Å². The lowest BCUT2D eigenvalue weighted by Crippen LogP contribution is -2.24. The van der Waals surface area contributed by atoms with Crippen LogP contribution in [0, 0.1) is 0 Å². The number of aliphatic imine (C=N–C) groups is 1.